The van der Waals surface area contributed by atoms with Gasteiger partial charge in [0, 0.05) is 35.8 Å². The first-order valence-corrected chi connectivity index (χ1v) is 16.2. The molecular weight excluding hydrogens is 509 g/mol. The third-order valence-electron chi connectivity index (χ3n) is 8.20. The molecule has 1 aromatic rings. The summed E-state index contributed by atoms with van der Waals surface area (Å²) < 4.78 is 22.5. The Morgan fingerprint density at radius 3 is 2.71 bits per heavy atom. The van der Waals surface area contributed by atoms with Gasteiger partial charge < -0.3 is 34.2 Å². The molecule has 2 saturated heterocycles. The summed E-state index contributed by atoms with van der Waals surface area (Å²) in [7, 11) is -3.46. The molecule has 3 amide bonds. The number of ether oxygens (including phenoxy) is 1. The number of benzene rings is 1. The standard InChI is InChI=1S/C27H38FN3O6Si/c1-6-11-31-21-10-9-18(29-25(35)17(3)33)13-20(21)27(26(31)36)16(2)24(38(4,5)28)22(37-27)14-23(34)30-12-7-8-19(30)15-32/h6,9-10,13,16-17,19,22,24,32-33H,1,7-8,11-12,14-15H2,2-5H3,(H,29,35)/t16-,17+,19+,22+,24-,27+/m1/s1. The Labute approximate surface area is 223 Å². The van der Waals surface area contributed by atoms with E-state index in [2.05, 4.69) is 11.9 Å². The smallest absolute Gasteiger partial charge is 0.264 e. The van der Waals surface area contributed by atoms with Crippen LogP contribution < -0.4 is 10.2 Å². The number of rotatable bonds is 8. The van der Waals surface area contributed by atoms with Crippen molar-refractivity contribution in [3.05, 3.63) is 36.4 Å². The first-order valence-electron chi connectivity index (χ1n) is 13.2. The molecule has 3 heterocycles. The lowest BCUT2D eigenvalue weighted by atomic mass is 9.82. The zero-order chi connectivity index (χ0) is 28.0. The number of carbonyl (C=O) groups is 3. The van der Waals surface area contributed by atoms with Gasteiger partial charge in [-0.05, 0) is 51.1 Å². The van der Waals surface area contributed by atoms with E-state index in [1.54, 1.807) is 49.2 Å². The second kappa shape index (κ2) is 10.5. The van der Waals surface area contributed by atoms with Gasteiger partial charge in [0.1, 0.15) is 6.10 Å². The Balaban J connectivity index is 1.77. The number of hydrogen-bond donors (Lipinski definition) is 3. The Morgan fingerprint density at radius 2 is 2.11 bits per heavy atom. The van der Waals surface area contributed by atoms with Crippen molar-refractivity contribution in [2.45, 2.75) is 75.6 Å². The number of carbonyl (C=O) groups excluding carboxylic acids is 3. The van der Waals surface area contributed by atoms with Crippen LogP contribution in [0.25, 0.3) is 0 Å². The van der Waals surface area contributed by atoms with Crippen molar-refractivity contribution in [2.24, 2.45) is 5.92 Å². The minimum absolute atomic E-state index is 0.0872. The summed E-state index contributed by atoms with van der Waals surface area (Å²) in [5.74, 6) is -1.77. The minimum atomic E-state index is -3.46. The zero-order valence-electron chi connectivity index (χ0n) is 22.4. The van der Waals surface area contributed by atoms with Gasteiger partial charge in [-0.1, -0.05) is 13.0 Å². The van der Waals surface area contributed by atoms with E-state index in [0.717, 1.165) is 6.42 Å². The van der Waals surface area contributed by atoms with Gasteiger partial charge in [-0.25, -0.2) is 0 Å². The molecule has 0 bridgehead atoms. The van der Waals surface area contributed by atoms with Gasteiger partial charge in [-0.2, -0.15) is 0 Å². The van der Waals surface area contributed by atoms with Gasteiger partial charge in [0.2, 0.25) is 14.3 Å². The van der Waals surface area contributed by atoms with E-state index < -0.39 is 43.6 Å². The summed E-state index contributed by atoms with van der Waals surface area (Å²) in [4.78, 5) is 42.8. The second-order valence-corrected chi connectivity index (χ2v) is 14.9. The lowest BCUT2D eigenvalue weighted by molar-refractivity contribution is -0.149. The molecule has 6 atom stereocenters. The van der Waals surface area contributed by atoms with Crippen LogP contribution in [0.15, 0.2) is 30.9 Å². The van der Waals surface area contributed by atoms with Crippen LogP contribution in [0.1, 0.15) is 38.7 Å². The maximum atomic E-state index is 16.0. The summed E-state index contributed by atoms with van der Waals surface area (Å²) in [5, 5.41) is 22.0. The molecule has 11 heteroatoms. The van der Waals surface area contributed by atoms with Crippen LogP contribution in [0, 0.1) is 5.92 Å². The van der Waals surface area contributed by atoms with Crippen molar-refractivity contribution >= 4 is 37.5 Å². The number of nitrogens with zero attached hydrogens (tertiary/aromatic N) is 2. The average Bonchev–Trinajstić information content (AvgIpc) is 3.50. The maximum Gasteiger partial charge on any atom is 0.264 e. The van der Waals surface area contributed by atoms with Crippen LogP contribution in [-0.2, 0) is 24.7 Å². The number of likely N-dealkylation sites (tertiary alicyclic amines) is 1. The van der Waals surface area contributed by atoms with E-state index in [0.29, 0.717) is 29.9 Å². The molecule has 0 saturated carbocycles. The van der Waals surface area contributed by atoms with Crippen LogP contribution >= 0.6 is 0 Å². The molecule has 3 aliphatic rings. The van der Waals surface area contributed by atoms with Crippen molar-refractivity contribution in [1.29, 1.82) is 0 Å². The molecule has 1 spiro atoms. The highest BCUT2D eigenvalue weighted by atomic mass is 28.4. The zero-order valence-corrected chi connectivity index (χ0v) is 23.4. The minimum Gasteiger partial charge on any atom is -0.394 e. The lowest BCUT2D eigenvalue weighted by Crippen LogP contribution is -2.45. The number of halogens is 1. The highest BCUT2D eigenvalue weighted by molar-refractivity contribution is 6.72. The van der Waals surface area contributed by atoms with Crippen LogP contribution in [0.3, 0.4) is 0 Å². The fourth-order valence-corrected chi connectivity index (χ4v) is 9.02. The van der Waals surface area contributed by atoms with Crippen molar-refractivity contribution < 1.29 is 33.4 Å². The fraction of sp³-hybridized carbons (Fsp3) is 0.593. The SMILES string of the molecule is C=CCN1C(=O)[C@@]2(O[C@@H](CC(=O)N3CCC[C@H]3CO)[C@H]([Si](C)(C)F)[C@H]2C)c2cc(NC(=O)[C@H](C)O)ccc21. The fourth-order valence-electron chi connectivity index (χ4n) is 6.53. The Kier molecular flexibility index (Phi) is 7.86. The Bertz CT molecular complexity index is 1120. The molecule has 3 N–H and O–H groups in total. The van der Waals surface area contributed by atoms with E-state index in [9.17, 15) is 24.6 Å². The number of aliphatic hydroxyl groups is 2. The number of nitrogens with one attached hydrogen (secondary N) is 1. The number of aliphatic hydroxyl groups excluding tert-OH is 2. The Morgan fingerprint density at radius 1 is 1.39 bits per heavy atom. The summed E-state index contributed by atoms with van der Waals surface area (Å²) in [5.41, 5.74) is -0.766. The lowest BCUT2D eigenvalue weighted by Gasteiger charge is -2.31. The van der Waals surface area contributed by atoms with Gasteiger partial charge in [-0.3, -0.25) is 14.4 Å². The molecule has 0 aliphatic carbocycles. The number of fused-ring (bicyclic) bond motifs is 2. The van der Waals surface area contributed by atoms with Crippen molar-refractivity contribution in [3.8, 4) is 0 Å². The van der Waals surface area contributed by atoms with Crippen molar-refractivity contribution in [1.82, 2.24) is 4.90 Å². The largest absolute Gasteiger partial charge is 0.394 e. The molecule has 208 valence electrons. The van der Waals surface area contributed by atoms with Crippen LogP contribution in [0.5, 0.6) is 0 Å². The monoisotopic (exact) mass is 547 g/mol. The molecule has 1 aromatic carbocycles. The second-order valence-electron chi connectivity index (χ2n) is 11.1. The summed E-state index contributed by atoms with van der Waals surface area (Å²) in [6, 6.07) is 4.71. The third-order valence-corrected chi connectivity index (χ3v) is 10.7. The van der Waals surface area contributed by atoms with Crippen LogP contribution in [-0.4, -0.2) is 79.2 Å². The van der Waals surface area contributed by atoms with E-state index in [1.807, 2.05) is 0 Å². The predicted octanol–water partition coefficient (Wildman–Crippen LogP) is 2.69. The van der Waals surface area contributed by atoms with Crippen LogP contribution in [0.4, 0.5) is 15.5 Å². The third kappa shape index (κ3) is 4.70. The molecule has 9 nitrogen and oxygen atoms in total. The quantitative estimate of drug-likeness (QED) is 0.262. The van der Waals surface area contributed by atoms with Crippen LogP contribution in [0.2, 0.25) is 18.6 Å². The first kappa shape index (κ1) is 28.4. The molecule has 2 fully saturated rings. The topological polar surface area (TPSA) is 119 Å². The summed E-state index contributed by atoms with van der Waals surface area (Å²) in [6.07, 6.45) is 0.946. The number of hydrogen-bond acceptors (Lipinski definition) is 6. The number of anilines is 2. The molecule has 3 aliphatic heterocycles. The summed E-state index contributed by atoms with van der Waals surface area (Å²) in [6.45, 7) is 10.7. The molecule has 38 heavy (non-hydrogen) atoms. The van der Waals surface area contributed by atoms with Gasteiger partial charge in [0.15, 0.2) is 5.60 Å². The van der Waals surface area contributed by atoms with E-state index >= 15 is 4.11 Å². The average molecular weight is 548 g/mol. The molecule has 0 unspecified atom stereocenters. The highest BCUT2D eigenvalue weighted by Gasteiger charge is 2.67. The van der Waals surface area contributed by atoms with E-state index in [-0.39, 0.29) is 37.4 Å². The van der Waals surface area contributed by atoms with Crippen molar-refractivity contribution in [3.63, 3.8) is 0 Å². The normalized spacial score (nSPS) is 29.6. The highest BCUT2D eigenvalue weighted by Crippen LogP contribution is 2.60. The van der Waals surface area contributed by atoms with Gasteiger partial charge >= 0.3 is 0 Å². The van der Waals surface area contributed by atoms with Gasteiger partial charge in [0.05, 0.1) is 30.9 Å². The van der Waals surface area contributed by atoms with E-state index in [4.69, 9.17) is 4.74 Å². The Hall–Kier alpha value is -2.60. The predicted molar refractivity (Wildman–Crippen MR) is 144 cm³/mol. The maximum absolute atomic E-state index is 16.0. The summed E-state index contributed by atoms with van der Waals surface area (Å²) >= 11 is 0. The molecule has 0 radical (unpaired) electrons. The van der Waals surface area contributed by atoms with Crippen molar-refractivity contribution in [2.75, 3.05) is 29.9 Å². The first-order chi connectivity index (χ1) is 17.9. The molecule has 0 aromatic heterocycles. The van der Waals surface area contributed by atoms with Gasteiger partial charge in [-0.15, -0.1) is 6.58 Å². The molecule has 4 rings (SSSR count). The molecular formula is C27H38FN3O6Si. The van der Waals surface area contributed by atoms with Gasteiger partial charge in [0.25, 0.3) is 11.8 Å². The van der Waals surface area contributed by atoms with E-state index in [1.165, 1.54) is 11.8 Å². The number of amides is 3.